The molecule has 0 saturated carbocycles. The van der Waals surface area contributed by atoms with Crippen molar-refractivity contribution < 1.29 is 4.79 Å². The van der Waals surface area contributed by atoms with Gasteiger partial charge in [-0.15, -0.1) is 0 Å². The molecule has 1 aromatic carbocycles. The minimum atomic E-state index is -0.380. The molecule has 1 aromatic heterocycles. The molecule has 6 nitrogen and oxygen atoms in total. The van der Waals surface area contributed by atoms with Crippen molar-refractivity contribution in [1.29, 1.82) is 0 Å². The molecule has 0 unspecified atom stereocenters. The summed E-state index contributed by atoms with van der Waals surface area (Å²) in [4.78, 5) is 18.5. The molecule has 0 radical (unpaired) electrons. The van der Waals surface area contributed by atoms with Gasteiger partial charge in [-0.1, -0.05) is 25.1 Å². The van der Waals surface area contributed by atoms with Gasteiger partial charge in [-0.3, -0.25) is 9.88 Å². The van der Waals surface area contributed by atoms with E-state index in [1.807, 2.05) is 30.3 Å². The summed E-state index contributed by atoms with van der Waals surface area (Å²) in [5, 5.41) is 6.65. The van der Waals surface area contributed by atoms with Gasteiger partial charge in [0.05, 0.1) is 11.9 Å². The zero-order valence-corrected chi connectivity index (χ0v) is 15.1. The van der Waals surface area contributed by atoms with Crippen LogP contribution in [0, 0.1) is 5.92 Å². The van der Waals surface area contributed by atoms with E-state index in [1.165, 1.54) is 24.6 Å². The molecule has 2 N–H and O–H groups in total. The molecular weight excluding hydrogens is 326 g/mol. The highest BCUT2D eigenvalue weighted by molar-refractivity contribution is 5.90. The van der Waals surface area contributed by atoms with Crippen molar-refractivity contribution >= 4 is 17.9 Å². The predicted molar refractivity (Wildman–Crippen MR) is 104 cm³/mol. The maximum Gasteiger partial charge on any atom is 0.339 e. The number of carbonyl (C=O) groups is 1. The molecule has 0 atom stereocenters. The molecule has 0 bridgehead atoms. The monoisotopic (exact) mass is 351 g/mol. The van der Waals surface area contributed by atoms with Crippen molar-refractivity contribution in [3.63, 3.8) is 0 Å². The zero-order valence-electron chi connectivity index (χ0n) is 15.1. The van der Waals surface area contributed by atoms with Crippen LogP contribution in [0.4, 0.5) is 10.5 Å². The smallest absolute Gasteiger partial charge is 0.307 e. The highest BCUT2D eigenvalue weighted by Crippen LogP contribution is 2.19. The second-order valence-corrected chi connectivity index (χ2v) is 6.73. The number of hydrazone groups is 1. The molecule has 1 aliphatic heterocycles. The Balaban J connectivity index is 1.44. The third-order valence-electron chi connectivity index (χ3n) is 4.54. The van der Waals surface area contributed by atoms with Gasteiger partial charge in [0.2, 0.25) is 0 Å². The number of nitrogens with one attached hydrogen (secondary N) is 2. The standard InChI is InChI=1S/C20H25N5O/c1-16-9-12-25(13-10-16)15-17-5-7-18(8-6-17)23-20(26)24-22-14-19-4-2-3-11-21-19/h2-8,11,14,16H,9-10,12-13,15H2,1H3,(H2,23,24,26)/b22-14+. The summed E-state index contributed by atoms with van der Waals surface area (Å²) in [6.45, 7) is 5.62. The minimum absolute atomic E-state index is 0.380. The van der Waals surface area contributed by atoms with Crippen LogP contribution < -0.4 is 10.7 Å². The van der Waals surface area contributed by atoms with Crippen molar-refractivity contribution in [1.82, 2.24) is 15.3 Å². The number of likely N-dealkylation sites (tertiary alicyclic amines) is 1. The summed E-state index contributed by atoms with van der Waals surface area (Å²) < 4.78 is 0. The van der Waals surface area contributed by atoms with E-state index in [4.69, 9.17) is 0 Å². The SMILES string of the molecule is CC1CCN(Cc2ccc(NC(=O)N/N=C/c3ccccn3)cc2)CC1. The number of amides is 2. The van der Waals surface area contributed by atoms with E-state index >= 15 is 0 Å². The van der Waals surface area contributed by atoms with Crippen LogP contribution in [-0.4, -0.2) is 35.2 Å². The largest absolute Gasteiger partial charge is 0.339 e. The van der Waals surface area contributed by atoms with E-state index in [0.717, 1.165) is 31.2 Å². The number of aromatic nitrogens is 1. The lowest BCUT2D eigenvalue weighted by atomic mass is 9.99. The van der Waals surface area contributed by atoms with Gasteiger partial charge < -0.3 is 5.32 Å². The summed E-state index contributed by atoms with van der Waals surface area (Å²) in [5.74, 6) is 0.844. The number of anilines is 1. The minimum Gasteiger partial charge on any atom is -0.307 e. The fourth-order valence-electron chi connectivity index (χ4n) is 2.94. The number of carbonyl (C=O) groups excluding carboxylic acids is 1. The van der Waals surface area contributed by atoms with Crippen molar-refractivity contribution in [2.24, 2.45) is 11.0 Å². The average molecular weight is 351 g/mol. The van der Waals surface area contributed by atoms with Crippen LogP contribution in [0.25, 0.3) is 0 Å². The second kappa shape index (κ2) is 9.10. The Morgan fingerprint density at radius 2 is 2.00 bits per heavy atom. The first-order valence-corrected chi connectivity index (χ1v) is 9.01. The first-order valence-electron chi connectivity index (χ1n) is 9.01. The quantitative estimate of drug-likeness (QED) is 0.640. The molecule has 2 amide bonds. The molecule has 1 fully saturated rings. The Morgan fingerprint density at radius 3 is 2.69 bits per heavy atom. The number of urea groups is 1. The van der Waals surface area contributed by atoms with Gasteiger partial charge >= 0.3 is 6.03 Å². The number of rotatable bonds is 5. The number of benzene rings is 1. The van der Waals surface area contributed by atoms with Gasteiger partial charge in [0.1, 0.15) is 0 Å². The van der Waals surface area contributed by atoms with Gasteiger partial charge in [-0.25, -0.2) is 10.2 Å². The van der Waals surface area contributed by atoms with E-state index < -0.39 is 0 Å². The van der Waals surface area contributed by atoms with Gasteiger partial charge in [0.25, 0.3) is 0 Å². The van der Waals surface area contributed by atoms with Crippen LogP contribution in [0.2, 0.25) is 0 Å². The number of pyridine rings is 1. The second-order valence-electron chi connectivity index (χ2n) is 6.73. The topological polar surface area (TPSA) is 69.6 Å². The summed E-state index contributed by atoms with van der Waals surface area (Å²) in [6, 6.07) is 13.1. The Bertz CT molecular complexity index is 722. The summed E-state index contributed by atoms with van der Waals surface area (Å²) >= 11 is 0. The van der Waals surface area contributed by atoms with Gasteiger partial charge in [0, 0.05) is 18.4 Å². The lowest BCUT2D eigenvalue weighted by molar-refractivity contribution is 0.185. The van der Waals surface area contributed by atoms with Gasteiger partial charge in [-0.2, -0.15) is 5.10 Å². The highest BCUT2D eigenvalue weighted by atomic mass is 16.2. The van der Waals surface area contributed by atoms with Crippen molar-refractivity contribution in [2.45, 2.75) is 26.3 Å². The first-order chi connectivity index (χ1) is 12.7. The number of hydrogen-bond acceptors (Lipinski definition) is 4. The maximum absolute atomic E-state index is 11.9. The fraction of sp³-hybridized carbons (Fsp3) is 0.350. The molecule has 2 heterocycles. The Morgan fingerprint density at radius 1 is 1.23 bits per heavy atom. The van der Waals surface area contributed by atoms with Crippen LogP contribution in [0.5, 0.6) is 0 Å². The molecule has 0 aliphatic carbocycles. The van der Waals surface area contributed by atoms with Crippen LogP contribution in [-0.2, 0) is 6.54 Å². The van der Waals surface area contributed by atoms with Gasteiger partial charge in [0.15, 0.2) is 0 Å². The molecule has 0 spiro atoms. The van der Waals surface area contributed by atoms with Crippen LogP contribution in [0.1, 0.15) is 31.0 Å². The number of nitrogens with zero attached hydrogens (tertiary/aromatic N) is 3. The van der Waals surface area contributed by atoms with E-state index in [2.05, 4.69) is 44.8 Å². The molecule has 1 saturated heterocycles. The molecule has 136 valence electrons. The number of piperidine rings is 1. The predicted octanol–water partition coefficient (Wildman–Crippen LogP) is 3.47. The third kappa shape index (κ3) is 5.67. The first kappa shape index (κ1) is 18.1. The van der Waals surface area contributed by atoms with E-state index in [-0.39, 0.29) is 6.03 Å². The summed E-state index contributed by atoms with van der Waals surface area (Å²) in [7, 11) is 0. The molecular formula is C20H25N5O. The fourth-order valence-corrected chi connectivity index (χ4v) is 2.94. The van der Waals surface area contributed by atoms with E-state index in [1.54, 1.807) is 6.20 Å². The molecule has 2 aromatic rings. The third-order valence-corrected chi connectivity index (χ3v) is 4.54. The van der Waals surface area contributed by atoms with Crippen molar-refractivity contribution in [3.8, 4) is 0 Å². The Kier molecular flexibility index (Phi) is 6.33. The van der Waals surface area contributed by atoms with Gasteiger partial charge in [-0.05, 0) is 61.7 Å². The van der Waals surface area contributed by atoms with Crippen LogP contribution in [0.3, 0.4) is 0 Å². The summed E-state index contributed by atoms with van der Waals surface area (Å²) in [5.41, 5.74) is 5.12. The molecule has 26 heavy (non-hydrogen) atoms. The highest BCUT2D eigenvalue weighted by Gasteiger charge is 2.15. The lowest BCUT2D eigenvalue weighted by Gasteiger charge is -2.30. The van der Waals surface area contributed by atoms with Crippen molar-refractivity contribution in [3.05, 3.63) is 59.9 Å². The van der Waals surface area contributed by atoms with E-state index in [9.17, 15) is 4.79 Å². The lowest BCUT2D eigenvalue weighted by Crippen LogP contribution is -2.32. The van der Waals surface area contributed by atoms with Crippen LogP contribution >= 0.6 is 0 Å². The molecule has 6 heteroatoms. The molecule has 1 aliphatic rings. The van der Waals surface area contributed by atoms with Crippen LogP contribution in [0.15, 0.2) is 53.8 Å². The molecule has 3 rings (SSSR count). The van der Waals surface area contributed by atoms with E-state index in [0.29, 0.717) is 5.69 Å². The zero-order chi connectivity index (χ0) is 18.2. The maximum atomic E-state index is 11.9. The van der Waals surface area contributed by atoms with Crippen molar-refractivity contribution in [2.75, 3.05) is 18.4 Å². The Labute approximate surface area is 154 Å². The number of hydrogen-bond donors (Lipinski definition) is 2. The Hall–Kier alpha value is -2.73. The summed E-state index contributed by atoms with van der Waals surface area (Å²) in [6.07, 6.45) is 5.73. The normalized spacial score (nSPS) is 15.9. The average Bonchev–Trinajstić information content (AvgIpc) is 2.66.